The van der Waals surface area contributed by atoms with Crippen molar-refractivity contribution in [2.45, 2.75) is 70.5 Å². The van der Waals surface area contributed by atoms with Gasteiger partial charge in [0, 0.05) is 34.2 Å². The monoisotopic (exact) mass is 396 g/mol. The molecule has 24 heavy (non-hydrogen) atoms. The summed E-state index contributed by atoms with van der Waals surface area (Å²) >= 11 is 3.62. The summed E-state index contributed by atoms with van der Waals surface area (Å²) in [6.45, 7) is 7.21. The maximum absolute atomic E-state index is 10.8. The second-order valence-corrected chi connectivity index (χ2v) is 9.42. The van der Waals surface area contributed by atoms with Gasteiger partial charge in [0.2, 0.25) is 0 Å². The van der Waals surface area contributed by atoms with Gasteiger partial charge >= 0.3 is 0 Å². The van der Waals surface area contributed by atoms with E-state index in [0.29, 0.717) is 17.8 Å². The van der Waals surface area contributed by atoms with Crippen molar-refractivity contribution in [3.8, 4) is 5.75 Å². The van der Waals surface area contributed by atoms with E-state index in [9.17, 15) is 5.11 Å². The first-order valence-corrected chi connectivity index (χ1v) is 9.79. The molecule has 0 heterocycles. The third-order valence-corrected chi connectivity index (χ3v) is 5.76. The van der Waals surface area contributed by atoms with E-state index in [-0.39, 0.29) is 5.41 Å². The number of benzene rings is 1. The van der Waals surface area contributed by atoms with Crippen LogP contribution in [-0.2, 0) is 12.0 Å². The van der Waals surface area contributed by atoms with E-state index in [4.69, 9.17) is 0 Å². The number of halogens is 1. The van der Waals surface area contributed by atoms with E-state index in [2.05, 4.69) is 73.7 Å². The van der Waals surface area contributed by atoms with Crippen LogP contribution in [0.4, 0.5) is 0 Å². The van der Waals surface area contributed by atoms with Crippen LogP contribution in [0.25, 0.3) is 0 Å². The van der Waals surface area contributed by atoms with Crippen LogP contribution in [0.2, 0.25) is 0 Å². The normalized spacial score (nSPS) is 22.4. The van der Waals surface area contributed by atoms with Gasteiger partial charge in [0.25, 0.3) is 0 Å². The smallest absolute Gasteiger partial charge is 0.123 e. The van der Waals surface area contributed by atoms with Crippen LogP contribution in [0.3, 0.4) is 0 Å². The highest BCUT2D eigenvalue weighted by molar-refractivity contribution is 9.10. The highest BCUT2D eigenvalue weighted by atomic mass is 79.9. The van der Waals surface area contributed by atoms with Gasteiger partial charge in [-0.1, -0.05) is 49.5 Å². The van der Waals surface area contributed by atoms with Gasteiger partial charge in [-0.15, -0.1) is 0 Å². The van der Waals surface area contributed by atoms with Crippen LogP contribution in [0, 0.1) is 0 Å². The van der Waals surface area contributed by atoms with Gasteiger partial charge in [-0.25, -0.2) is 0 Å². The summed E-state index contributed by atoms with van der Waals surface area (Å²) in [6.07, 6.45) is 5.13. The van der Waals surface area contributed by atoms with Crippen LogP contribution in [0.5, 0.6) is 5.75 Å². The number of nitrogens with zero attached hydrogens (tertiary/aromatic N) is 2. The van der Waals surface area contributed by atoms with Gasteiger partial charge in [0.05, 0.1) is 0 Å². The molecule has 0 saturated heterocycles. The van der Waals surface area contributed by atoms with Gasteiger partial charge in [-0.05, 0) is 51.5 Å². The van der Waals surface area contributed by atoms with Crippen LogP contribution < -0.4 is 0 Å². The first kappa shape index (κ1) is 19.7. The fourth-order valence-electron chi connectivity index (χ4n) is 3.94. The number of aromatic hydroxyl groups is 1. The van der Waals surface area contributed by atoms with E-state index >= 15 is 0 Å². The predicted octanol–water partition coefficient (Wildman–Crippen LogP) is 4.76. The first-order valence-electron chi connectivity index (χ1n) is 8.99. The van der Waals surface area contributed by atoms with Crippen molar-refractivity contribution in [3.63, 3.8) is 0 Å². The molecular formula is C20H33BrN2O. The highest BCUT2D eigenvalue weighted by Crippen LogP contribution is 2.37. The second-order valence-electron chi connectivity index (χ2n) is 8.51. The molecule has 1 saturated carbocycles. The molecule has 0 aromatic heterocycles. The fraction of sp³-hybridized carbons (Fsp3) is 0.700. The number of rotatable bonds is 4. The summed E-state index contributed by atoms with van der Waals surface area (Å²) in [5.74, 6) is 0.453. The second kappa shape index (κ2) is 7.76. The molecule has 136 valence electrons. The number of phenols is 1. The first-order chi connectivity index (χ1) is 11.1. The van der Waals surface area contributed by atoms with E-state index in [1.807, 2.05) is 6.07 Å². The third kappa shape index (κ3) is 4.53. The lowest BCUT2D eigenvalue weighted by Crippen LogP contribution is -2.49. The molecular weight excluding hydrogens is 364 g/mol. The Bertz CT molecular complexity index is 565. The summed E-state index contributed by atoms with van der Waals surface area (Å²) in [7, 11) is 6.57. The summed E-state index contributed by atoms with van der Waals surface area (Å²) in [4.78, 5) is 4.79. The molecule has 0 amide bonds. The molecule has 0 unspecified atom stereocenters. The summed E-state index contributed by atoms with van der Waals surface area (Å²) in [6, 6.07) is 5.25. The van der Waals surface area contributed by atoms with Gasteiger partial charge in [0.1, 0.15) is 5.75 Å². The molecule has 1 aliphatic rings. The lowest BCUT2D eigenvalue weighted by molar-refractivity contribution is 0.0871. The predicted molar refractivity (Wildman–Crippen MR) is 106 cm³/mol. The van der Waals surface area contributed by atoms with Crippen molar-refractivity contribution in [2.75, 3.05) is 21.1 Å². The number of likely N-dealkylation sites (N-methyl/N-ethyl adjacent to an activating group) is 2. The SMILES string of the molecule is CN(C)[C@@H]1CCCC[C@H]1N(C)Cc1cc(Br)cc(C(C)(C)C)c1O. The van der Waals surface area contributed by atoms with E-state index in [0.717, 1.165) is 22.1 Å². The van der Waals surface area contributed by atoms with Crippen molar-refractivity contribution in [1.82, 2.24) is 9.80 Å². The lowest BCUT2D eigenvalue weighted by Gasteiger charge is -2.41. The number of hydrogen-bond donors (Lipinski definition) is 1. The molecule has 0 aliphatic heterocycles. The third-order valence-electron chi connectivity index (χ3n) is 5.30. The lowest BCUT2D eigenvalue weighted by atomic mass is 9.85. The minimum absolute atomic E-state index is 0.0712. The molecule has 2 rings (SSSR count). The van der Waals surface area contributed by atoms with Crippen molar-refractivity contribution >= 4 is 15.9 Å². The molecule has 1 fully saturated rings. The Balaban J connectivity index is 2.25. The largest absolute Gasteiger partial charge is 0.507 e. The molecule has 1 aliphatic carbocycles. The van der Waals surface area contributed by atoms with Crippen LogP contribution in [0.1, 0.15) is 57.6 Å². The van der Waals surface area contributed by atoms with E-state index in [1.54, 1.807) is 0 Å². The summed E-state index contributed by atoms with van der Waals surface area (Å²) in [5, 5.41) is 10.8. The van der Waals surface area contributed by atoms with Crippen molar-refractivity contribution < 1.29 is 5.11 Å². The average Bonchev–Trinajstić information content (AvgIpc) is 2.49. The van der Waals surface area contributed by atoms with Crippen LogP contribution in [0.15, 0.2) is 16.6 Å². The molecule has 0 bridgehead atoms. The van der Waals surface area contributed by atoms with Gasteiger partial charge < -0.3 is 10.0 Å². The molecule has 3 nitrogen and oxygen atoms in total. The van der Waals surface area contributed by atoms with Gasteiger partial charge in [-0.2, -0.15) is 0 Å². The minimum atomic E-state index is -0.0712. The van der Waals surface area contributed by atoms with Crippen LogP contribution in [-0.4, -0.2) is 48.1 Å². The zero-order valence-corrected chi connectivity index (χ0v) is 17.7. The Kier molecular flexibility index (Phi) is 6.38. The number of phenolic OH excluding ortho intramolecular Hbond substituents is 1. The van der Waals surface area contributed by atoms with Crippen molar-refractivity contribution in [2.24, 2.45) is 0 Å². The molecule has 0 radical (unpaired) electrons. The minimum Gasteiger partial charge on any atom is -0.507 e. The van der Waals surface area contributed by atoms with Crippen molar-refractivity contribution in [3.05, 3.63) is 27.7 Å². The van der Waals surface area contributed by atoms with Gasteiger partial charge in [-0.3, -0.25) is 4.90 Å². The van der Waals surface area contributed by atoms with Crippen LogP contribution >= 0.6 is 15.9 Å². The molecule has 4 heteroatoms. The zero-order valence-electron chi connectivity index (χ0n) is 16.1. The Morgan fingerprint density at radius 1 is 1.08 bits per heavy atom. The molecule has 0 spiro atoms. The quantitative estimate of drug-likeness (QED) is 0.794. The Hall–Kier alpha value is -0.580. The maximum atomic E-state index is 10.8. The molecule has 2 atom stereocenters. The fourth-order valence-corrected chi connectivity index (χ4v) is 4.45. The van der Waals surface area contributed by atoms with E-state index in [1.165, 1.54) is 25.7 Å². The van der Waals surface area contributed by atoms with Gasteiger partial charge in [0.15, 0.2) is 0 Å². The molecule has 1 aromatic carbocycles. The maximum Gasteiger partial charge on any atom is 0.123 e. The Morgan fingerprint density at radius 3 is 2.21 bits per heavy atom. The standard InChI is InChI=1S/C20H33BrN2O/c1-20(2,3)16-12-15(21)11-14(19(16)24)13-23(6)18-10-8-7-9-17(18)22(4)5/h11-12,17-18,24H,7-10,13H2,1-6H3/t17-,18-/m1/s1. The number of hydrogen-bond acceptors (Lipinski definition) is 3. The summed E-state index contributed by atoms with van der Waals surface area (Å²) in [5.41, 5.74) is 1.95. The highest BCUT2D eigenvalue weighted by Gasteiger charge is 2.30. The van der Waals surface area contributed by atoms with E-state index < -0.39 is 0 Å². The van der Waals surface area contributed by atoms with Crippen molar-refractivity contribution in [1.29, 1.82) is 0 Å². The molecule has 1 aromatic rings. The Morgan fingerprint density at radius 2 is 1.67 bits per heavy atom. The summed E-state index contributed by atoms with van der Waals surface area (Å²) < 4.78 is 1.04. The average molecular weight is 397 g/mol. The zero-order chi connectivity index (χ0) is 18.1. The molecule has 1 N–H and O–H groups in total. The topological polar surface area (TPSA) is 26.7 Å². The Labute approximate surface area is 156 Å².